The number of aryl methyl sites for hydroxylation is 1. The monoisotopic (exact) mass is 463 g/mol. The Hall–Kier alpha value is -1.70. The highest BCUT2D eigenvalue weighted by molar-refractivity contribution is 7.54. The van der Waals surface area contributed by atoms with E-state index in [2.05, 4.69) is 61.5 Å². The molecular formula is C29H38NO2P. The minimum absolute atomic E-state index is 0.0131. The smallest absolute Gasteiger partial charge is 0.217 e. The molecule has 0 saturated heterocycles. The summed E-state index contributed by atoms with van der Waals surface area (Å²) >= 11 is 0. The molecule has 0 amide bonds. The van der Waals surface area contributed by atoms with Crippen LogP contribution >= 0.6 is 8.15 Å². The number of nitrogens with zero attached hydrogens (tertiary/aromatic N) is 1. The van der Waals surface area contributed by atoms with E-state index in [1.807, 2.05) is 0 Å². The van der Waals surface area contributed by atoms with Crippen LogP contribution in [-0.4, -0.2) is 29.9 Å². The van der Waals surface area contributed by atoms with Gasteiger partial charge >= 0.3 is 0 Å². The Balaban J connectivity index is 1.37. The van der Waals surface area contributed by atoms with Crippen LogP contribution in [0.2, 0.25) is 0 Å². The van der Waals surface area contributed by atoms with Crippen molar-refractivity contribution >= 4 is 14.0 Å². The SMILES string of the molecule is Cc1ccccc1C1=NC(COP(C2CCCCC2)C2CCCCC2)C(c2ccccc2)O1. The molecule has 2 saturated carbocycles. The minimum Gasteiger partial charge on any atom is -0.467 e. The fourth-order valence-corrected chi connectivity index (χ4v) is 8.88. The van der Waals surface area contributed by atoms with E-state index >= 15 is 0 Å². The molecule has 3 nitrogen and oxygen atoms in total. The molecule has 0 spiro atoms. The van der Waals surface area contributed by atoms with Crippen molar-refractivity contribution in [3.8, 4) is 0 Å². The second-order valence-electron chi connectivity index (χ2n) is 10.0. The summed E-state index contributed by atoms with van der Waals surface area (Å²) in [6.07, 6.45) is 13.7. The molecule has 176 valence electrons. The fraction of sp³-hybridized carbons (Fsp3) is 0.552. The van der Waals surface area contributed by atoms with E-state index in [4.69, 9.17) is 14.3 Å². The van der Waals surface area contributed by atoms with Crippen LogP contribution in [0.3, 0.4) is 0 Å². The predicted octanol–water partition coefficient (Wildman–Crippen LogP) is 7.96. The van der Waals surface area contributed by atoms with E-state index in [-0.39, 0.29) is 12.1 Å². The van der Waals surface area contributed by atoms with E-state index in [1.165, 1.54) is 75.3 Å². The number of hydrogen-bond acceptors (Lipinski definition) is 3. The highest BCUT2D eigenvalue weighted by atomic mass is 31.1. The topological polar surface area (TPSA) is 30.8 Å². The fourth-order valence-electron chi connectivity index (χ4n) is 5.79. The molecule has 0 aromatic heterocycles. The lowest BCUT2D eigenvalue weighted by Crippen LogP contribution is -2.25. The Morgan fingerprint density at radius 2 is 1.42 bits per heavy atom. The predicted molar refractivity (Wildman–Crippen MR) is 138 cm³/mol. The molecule has 3 aliphatic rings. The normalized spacial score (nSPS) is 24.6. The van der Waals surface area contributed by atoms with Crippen LogP contribution in [0, 0.1) is 6.92 Å². The van der Waals surface area contributed by atoms with Gasteiger partial charge < -0.3 is 9.26 Å². The largest absolute Gasteiger partial charge is 0.467 e. The van der Waals surface area contributed by atoms with Gasteiger partial charge in [0.2, 0.25) is 5.90 Å². The zero-order valence-electron chi connectivity index (χ0n) is 20.0. The van der Waals surface area contributed by atoms with Gasteiger partial charge in [-0.15, -0.1) is 0 Å². The highest BCUT2D eigenvalue weighted by Gasteiger charge is 2.37. The van der Waals surface area contributed by atoms with Crippen molar-refractivity contribution in [3.05, 3.63) is 71.3 Å². The molecule has 2 unspecified atom stereocenters. The van der Waals surface area contributed by atoms with Gasteiger partial charge in [0.25, 0.3) is 0 Å². The molecule has 2 aliphatic carbocycles. The van der Waals surface area contributed by atoms with Crippen LogP contribution < -0.4 is 0 Å². The summed E-state index contributed by atoms with van der Waals surface area (Å²) in [5.74, 6) is 0.773. The highest BCUT2D eigenvalue weighted by Crippen LogP contribution is 2.56. The molecule has 2 aromatic carbocycles. The molecule has 2 fully saturated rings. The third kappa shape index (κ3) is 5.52. The van der Waals surface area contributed by atoms with E-state index in [1.54, 1.807) is 0 Å². The van der Waals surface area contributed by atoms with Crippen LogP contribution in [0.5, 0.6) is 0 Å². The van der Waals surface area contributed by atoms with Crippen molar-refractivity contribution in [1.82, 2.24) is 0 Å². The Bertz CT molecular complexity index is 900. The molecule has 1 heterocycles. The number of benzene rings is 2. The second kappa shape index (κ2) is 11.2. The van der Waals surface area contributed by atoms with Crippen LogP contribution in [0.15, 0.2) is 59.6 Å². The number of ether oxygens (including phenoxy) is 1. The van der Waals surface area contributed by atoms with Gasteiger partial charge in [0.15, 0.2) is 6.10 Å². The van der Waals surface area contributed by atoms with E-state index in [0.29, 0.717) is 6.61 Å². The molecule has 33 heavy (non-hydrogen) atoms. The van der Waals surface area contributed by atoms with Gasteiger partial charge in [-0.1, -0.05) is 87.1 Å². The summed E-state index contributed by atoms with van der Waals surface area (Å²) in [5.41, 5.74) is 5.07. The summed E-state index contributed by atoms with van der Waals surface area (Å²) < 4.78 is 13.5. The average Bonchev–Trinajstić information content (AvgIpc) is 3.30. The molecule has 1 aliphatic heterocycles. The van der Waals surface area contributed by atoms with Gasteiger partial charge in [0.05, 0.1) is 6.61 Å². The van der Waals surface area contributed by atoms with E-state index in [0.717, 1.165) is 22.8 Å². The summed E-state index contributed by atoms with van der Waals surface area (Å²) in [4.78, 5) is 5.12. The van der Waals surface area contributed by atoms with Crippen molar-refractivity contribution in [2.75, 3.05) is 6.61 Å². The second-order valence-corrected chi connectivity index (χ2v) is 12.4. The number of rotatable bonds is 7. The van der Waals surface area contributed by atoms with Gasteiger partial charge in [-0.2, -0.15) is 0 Å². The Kier molecular flexibility index (Phi) is 7.79. The van der Waals surface area contributed by atoms with E-state index < -0.39 is 8.15 Å². The zero-order chi connectivity index (χ0) is 22.5. The summed E-state index contributed by atoms with van der Waals surface area (Å²) in [6, 6.07) is 19.0. The lowest BCUT2D eigenvalue weighted by Gasteiger charge is -2.38. The van der Waals surface area contributed by atoms with Gasteiger partial charge in [0.1, 0.15) is 6.04 Å². The van der Waals surface area contributed by atoms with Crippen molar-refractivity contribution in [1.29, 1.82) is 0 Å². The first kappa shape index (κ1) is 23.1. The first-order valence-electron chi connectivity index (χ1n) is 13.1. The first-order valence-corrected chi connectivity index (χ1v) is 14.5. The standard InChI is InChI=1S/C29H38NO2P/c1-22-13-11-12-20-26(22)29-30-27(28(32-29)23-14-5-2-6-15-23)21-31-33(24-16-7-3-8-17-24)25-18-9-4-10-19-25/h2,5-6,11-15,20,24-25,27-28H,3-4,7-10,16-19,21H2,1H3. The Morgan fingerprint density at radius 1 is 0.818 bits per heavy atom. The van der Waals surface area contributed by atoms with E-state index in [9.17, 15) is 0 Å². The summed E-state index contributed by atoms with van der Waals surface area (Å²) in [7, 11) is -0.401. The molecule has 5 rings (SSSR count). The molecule has 0 N–H and O–H groups in total. The van der Waals surface area contributed by atoms with Crippen molar-refractivity contribution in [3.63, 3.8) is 0 Å². The molecule has 2 atom stereocenters. The van der Waals surface area contributed by atoms with Gasteiger partial charge in [0, 0.05) is 25.0 Å². The van der Waals surface area contributed by atoms with Crippen molar-refractivity contribution in [2.24, 2.45) is 4.99 Å². The molecular weight excluding hydrogens is 425 g/mol. The maximum Gasteiger partial charge on any atom is 0.217 e. The average molecular weight is 464 g/mol. The first-order chi connectivity index (χ1) is 16.3. The van der Waals surface area contributed by atoms with Crippen LogP contribution in [0.4, 0.5) is 0 Å². The van der Waals surface area contributed by atoms with Crippen LogP contribution in [-0.2, 0) is 9.26 Å². The Labute approximate surface area is 200 Å². The molecule has 0 radical (unpaired) electrons. The summed E-state index contributed by atoms with van der Waals surface area (Å²) in [6.45, 7) is 2.81. The molecule has 4 heteroatoms. The lowest BCUT2D eigenvalue weighted by molar-refractivity contribution is 0.163. The molecule has 2 aromatic rings. The summed E-state index contributed by atoms with van der Waals surface area (Å²) in [5, 5.41) is 0. The zero-order valence-corrected chi connectivity index (χ0v) is 20.9. The Morgan fingerprint density at radius 3 is 2.06 bits per heavy atom. The van der Waals surface area contributed by atoms with Gasteiger partial charge in [-0.3, -0.25) is 0 Å². The van der Waals surface area contributed by atoms with Crippen molar-refractivity contribution in [2.45, 2.75) is 94.6 Å². The van der Waals surface area contributed by atoms with Gasteiger partial charge in [-0.25, -0.2) is 4.99 Å². The van der Waals surface area contributed by atoms with Gasteiger partial charge in [-0.05, 0) is 49.8 Å². The maximum atomic E-state index is 6.95. The van der Waals surface area contributed by atoms with Crippen LogP contribution in [0.1, 0.15) is 87.0 Å². The lowest BCUT2D eigenvalue weighted by atomic mass is 10.00. The number of hydrogen-bond donors (Lipinski definition) is 0. The number of aliphatic imine (C=N–C) groups is 1. The third-order valence-corrected chi connectivity index (χ3v) is 10.6. The van der Waals surface area contributed by atoms with Crippen LogP contribution in [0.25, 0.3) is 0 Å². The third-order valence-electron chi connectivity index (χ3n) is 7.64. The van der Waals surface area contributed by atoms with Crippen molar-refractivity contribution < 1.29 is 9.26 Å². The molecule has 0 bridgehead atoms. The maximum absolute atomic E-state index is 6.95. The quantitative estimate of drug-likeness (QED) is 0.390. The minimum atomic E-state index is -0.401.